The maximum atomic E-state index is 4.32. The Labute approximate surface area is 263 Å². The van der Waals surface area contributed by atoms with E-state index in [1.165, 1.54) is 43.7 Å². The number of aromatic nitrogens is 4. The van der Waals surface area contributed by atoms with Crippen molar-refractivity contribution in [3.8, 4) is 16.9 Å². The van der Waals surface area contributed by atoms with Crippen molar-refractivity contribution < 1.29 is 24.7 Å². The van der Waals surface area contributed by atoms with Gasteiger partial charge in [0.05, 0.1) is 29.1 Å². The van der Waals surface area contributed by atoms with Gasteiger partial charge in [-0.1, -0.05) is 60.3 Å². The molecule has 0 fully saturated rings. The number of nitrogens with zero attached hydrogens (tertiary/aromatic N) is 4. The first-order chi connectivity index (χ1) is 20.7. The molecule has 0 amide bonds. The molecule has 4 aromatic heterocycles. The van der Waals surface area contributed by atoms with Crippen LogP contribution in [0.2, 0.25) is 0 Å². The van der Waals surface area contributed by atoms with E-state index in [4.69, 9.17) is 0 Å². The maximum absolute atomic E-state index is 4.32. The predicted octanol–water partition coefficient (Wildman–Crippen LogP) is 8.06. The van der Waals surface area contributed by atoms with Gasteiger partial charge in [-0.3, -0.25) is 0 Å². The van der Waals surface area contributed by atoms with Crippen molar-refractivity contribution in [2.75, 3.05) is 0 Å². The summed E-state index contributed by atoms with van der Waals surface area (Å²) in [6.07, 6.45) is 5.32. The van der Waals surface area contributed by atoms with Crippen LogP contribution in [0.4, 0.5) is 0 Å². The molecular weight excluding hydrogens is 705 g/mol. The summed E-state index contributed by atoms with van der Waals surface area (Å²) in [5.74, 6) is 0. The molecule has 0 aliphatic heterocycles. The Hall–Kier alpha value is -4.83. The summed E-state index contributed by atoms with van der Waals surface area (Å²) in [5, 5.41) is 5.19. The van der Waals surface area contributed by atoms with E-state index in [1.807, 2.05) is 61.7 Å². The number of benzene rings is 5. The van der Waals surface area contributed by atoms with Gasteiger partial charge in [0.15, 0.2) is 0 Å². The normalized spacial score (nSPS) is 11.3. The van der Waals surface area contributed by atoms with Gasteiger partial charge < -0.3 is 18.5 Å². The van der Waals surface area contributed by atoms with Gasteiger partial charge in [0, 0.05) is 33.3 Å². The second kappa shape index (κ2) is 10.8. The summed E-state index contributed by atoms with van der Waals surface area (Å²) in [5.41, 5.74) is 10.3. The summed E-state index contributed by atoms with van der Waals surface area (Å²) in [6.45, 7) is 2.03. The fourth-order valence-electron chi connectivity index (χ4n) is 6.04. The molecule has 206 valence electrons. The first kappa shape index (κ1) is 27.0. The summed E-state index contributed by atoms with van der Waals surface area (Å²) < 4.78 is 6.59. The maximum Gasteiger partial charge on any atom is 3.00 e. The van der Waals surface area contributed by atoms with Crippen LogP contribution < -0.4 is 4.57 Å². The van der Waals surface area contributed by atoms with Gasteiger partial charge in [0.25, 0.3) is 0 Å². The summed E-state index contributed by atoms with van der Waals surface area (Å²) in [4.78, 5) is 4.32. The molecule has 0 N–H and O–H groups in total. The van der Waals surface area contributed by atoms with Crippen molar-refractivity contribution in [1.82, 2.24) is 14.0 Å². The monoisotopic (exact) mass is 731 g/mol. The molecule has 0 aliphatic carbocycles. The average molecular weight is 731 g/mol. The number of aryl methyl sites for hydroxylation is 2. The Morgan fingerprint density at radius 3 is 2.16 bits per heavy atom. The van der Waals surface area contributed by atoms with Crippen LogP contribution in [0, 0.1) is 25.4 Å². The van der Waals surface area contributed by atoms with Crippen molar-refractivity contribution >= 4 is 49.1 Å². The zero-order chi connectivity index (χ0) is 28.2. The summed E-state index contributed by atoms with van der Waals surface area (Å²) in [6, 6.07) is 46.4. The Balaban J connectivity index is 0.000000182. The fraction of sp³-hybridized carbons (Fsp3) is 0.0526. The minimum atomic E-state index is 0. The molecule has 4 nitrogen and oxygen atoms in total. The van der Waals surface area contributed by atoms with E-state index in [0.717, 1.165) is 28.0 Å². The Bertz CT molecular complexity index is 2350. The van der Waals surface area contributed by atoms with Crippen LogP contribution in [0.1, 0.15) is 5.56 Å². The Morgan fingerprint density at radius 2 is 1.42 bits per heavy atom. The number of para-hydroxylation sites is 3. The molecule has 5 aromatic carbocycles. The molecule has 0 aliphatic rings. The number of fused-ring (bicyclic) bond motifs is 7. The second-order valence-corrected chi connectivity index (χ2v) is 10.7. The topological polar surface area (TPSA) is 26.1 Å². The van der Waals surface area contributed by atoms with Gasteiger partial charge in [-0.25, -0.2) is 0 Å². The van der Waals surface area contributed by atoms with Gasteiger partial charge in [-0.05, 0) is 30.3 Å². The molecule has 9 rings (SSSR count). The van der Waals surface area contributed by atoms with E-state index in [0.29, 0.717) is 0 Å². The molecule has 0 saturated carbocycles. The smallest absolute Gasteiger partial charge is 0.342 e. The first-order valence-electron chi connectivity index (χ1n) is 14.0. The van der Waals surface area contributed by atoms with Crippen LogP contribution in [-0.4, -0.2) is 14.0 Å². The SMILES string of the molecule is C[n+]1[c-]n(-c2[c-]cccc2)c2cc3c4cccc5c6ccccc6n(c3cc21)c54.Cc1ccc(-c2[c-]cccc2)nc1.[Ir+3]. The number of hydrogen-bond donors (Lipinski definition) is 0. The minimum absolute atomic E-state index is 0. The second-order valence-electron chi connectivity index (χ2n) is 10.7. The van der Waals surface area contributed by atoms with E-state index < -0.39 is 0 Å². The van der Waals surface area contributed by atoms with Crippen molar-refractivity contribution in [1.29, 1.82) is 0 Å². The van der Waals surface area contributed by atoms with E-state index in [-0.39, 0.29) is 20.1 Å². The van der Waals surface area contributed by atoms with Gasteiger partial charge >= 0.3 is 20.1 Å². The molecular formula is C38H26IrN4+. The van der Waals surface area contributed by atoms with Crippen LogP contribution in [-0.2, 0) is 27.2 Å². The number of rotatable bonds is 2. The molecule has 0 saturated heterocycles. The van der Waals surface area contributed by atoms with Crippen LogP contribution in [0.15, 0.2) is 121 Å². The van der Waals surface area contributed by atoms with Gasteiger partial charge in [0.1, 0.15) is 0 Å². The molecule has 0 unspecified atom stereocenters. The summed E-state index contributed by atoms with van der Waals surface area (Å²) in [7, 11) is 2.06. The molecule has 0 bridgehead atoms. The summed E-state index contributed by atoms with van der Waals surface area (Å²) >= 11 is 0. The van der Waals surface area contributed by atoms with Crippen LogP contribution in [0.5, 0.6) is 0 Å². The van der Waals surface area contributed by atoms with E-state index >= 15 is 0 Å². The third kappa shape index (κ3) is 4.40. The quantitative estimate of drug-likeness (QED) is 0.131. The standard InChI is InChI=1S/C26H16N3.C12H10N.Ir/c1-27-16-28(17-8-3-2-4-9-17)25-14-21-20-12-7-11-19-18-10-5-6-13-22(18)29(26(19)20)23(21)15-24(25)27;1-10-7-8-12(13-9-10)11-5-3-2-4-6-11;/h2-8,10-15H,1H3;2-5,7-9H,1H3;/q2*-1;+3. The molecule has 9 aromatic rings. The van der Waals surface area contributed by atoms with Gasteiger partial charge in [0.2, 0.25) is 6.33 Å². The molecule has 4 heterocycles. The molecule has 0 radical (unpaired) electrons. The van der Waals surface area contributed by atoms with Crippen LogP contribution >= 0.6 is 0 Å². The van der Waals surface area contributed by atoms with Crippen molar-refractivity contribution in [3.63, 3.8) is 0 Å². The van der Waals surface area contributed by atoms with Crippen molar-refractivity contribution in [2.45, 2.75) is 6.92 Å². The zero-order valence-electron chi connectivity index (χ0n) is 23.7. The molecule has 43 heavy (non-hydrogen) atoms. The fourth-order valence-corrected chi connectivity index (χ4v) is 6.04. The number of hydrogen-bond acceptors (Lipinski definition) is 1. The van der Waals surface area contributed by atoms with Crippen LogP contribution in [0.25, 0.3) is 66.1 Å². The Kier molecular flexibility index (Phi) is 6.77. The van der Waals surface area contributed by atoms with E-state index in [2.05, 4.69) is 111 Å². The van der Waals surface area contributed by atoms with Crippen molar-refractivity contribution in [2.24, 2.45) is 7.05 Å². The van der Waals surface area contributed by atoms with E-state index in [9.17, 15) is 0 Å². The zero-order valence-corrected chi connectivity index (χ0v) is 26.1. The molecule has 5 heteroatoms. The first-order valence-corrected chi connectivity index (χ1v) is 14.0. The average Bonchev–Trinajstić information content (AvgIpc) is 3.68. The number of imidazole rings is 1. The van der Waals surface area contributed by atoms with Crippen LogP contribution in [0.3, 0.4) is 0 Å². The van der Waals surface area contributed by atoms with E-state index in [1.54, 1.807) is 0 Å². The number of pyridine rings is 1. The van der Waals surface area contributed by atoms with Gasteiger partial charge in [-0.15, -0.1) is 35.9 Å². The molecule has 0 atom stereocenters. The molecule has 0 spiro atoms. The third-order valence-electron chi connectivity index (χ3n) is 8.00. The Morgan fingerprint density at radius 1 is 0.674 bits per heavy atom. The third-order valence-corrected chi connectivity index (χ3v) is 8.00. The largest absolute Gasteiger partial charge is 3.00 e. The van der Waals surface area contributed by atoms with Gasteiger partial charge in [-0.2, -0.15) is 30.3 Å². The predicted molar refractivity (Wildman–Crippen MR) is 170 cm³/mol. The van der Waals surface area contributed by atoms with Crippen molar-refractivity contribution in [3.05, 3.63) is 145 Å². The minimum Gasteiger partial charge on any atom is -0.342 e.